The van der Waals surface area contributed by atoms with Gasteiger partial charge in [-0.25, -0.2) is 4.79 Å². The fraction of sp³-hybridized carbons (Fsp3) is 0.263. The molecule has 8 heteroatoms. The number of hydrogen-bond donors (Lipinski definition) is 1. The topological polar surface area (TPSA) is 92.3 Å². The monoisotopic (exact) mass is 373 g/mol. The molecule has 0 bridgehead atoms. The van der Waals surface area contributed by atoms with Crippen molar-refractivity contribution in [1.29, 1.82) is 0 Å². The van der Waals surface area contributed by atoms with E-state index in [1.165, 1.54) is 27.2 Å². The lowest BCUT2D eigenvalue weighted by Crippen LogP contribution is -2.30. The summed E-state index contributed by atoms with van der Waals surface area (Å²) in [6.45, 7) is 1.60. The second kappa shape index (κ2) is 7.86. The van der Waals surface area contributed by atoms with E-state index < -0.39 is 18.0 Å². The number of ether oxygens (including phenoxy) is 5. The number of benzene rings is 2. The lowest BCUT2D eigenvalue weighted by atomic mass is 10.2. The highest BCUT2D eigenvalue weighted by atomic mass is 16.7. The summed E-state index contributed by atoms with van der Waals surface area (Å²) in [5.74, 6) is 0.926. The minimum absolute atomic E-state index is 0.109. The van der Waals surface area contributed by atoms with Crippen LogP contribution in [0.5, 0.6) is 23.0 Å². The predicted octanol–water partition coefficient (Wildman–Crippen LogP) is 2.62. The van der Waals surface area contributed by atoms with Crippen molar-refractivity contribution in [2.24, 2.45) is 0 Å². The molecule has 1 aliphatic rings. The number of rotatable bonds is 6. The summed E-state index contributed by atoms with van der Waals surface area (Å²) in [5, 5.41) is 2.67. The molecule has 1 heterocycles. The zero-order valence-electron chi connectivity index (χ0n) is 15.1. The highest BCUT2D eigenvalue weighted by Gasteiger charge is 2.22. The maximum absolute atomic E-state index is 12.3. The second-order valence-corrected chi connectivity index (χ2v) is 5.67. The Bertz CT molecular complexity index is 865. The Morgan fingerprint density at radius 3 is 2.48 bits per heavy atom. The van der Waals surface area contributed by atoms with Gasteiger partial charge >= 0.3 is 5.97 Å². The van der Waals surface area contributed by atoms with Crippen molar-refractivity contribution in [1.82, 2.24) is 0 Å². The van der Waals surface area contributed by atoms with Crippen molar-refractivity contribution in [3.63, 3.8) is 0 Å². The number of carbonyl (C=O) groups excluding carboxylic acids is 2. The second-order valence-electron chi connectivity index (χ2n) is 5.67. The zero-order valence-corrected chi connectivity index (χ0v) is 15.1. The van der Waals surface area contributed by atoms with Gasteiger partial charge in [0, 0.05) is 11.8 Å². The van der Waals surface area contributed by atoms with Crippen molar-refractivity contribution < 1.29 is 33.3 Å². The summed E-state index contributed by atoms with van der Waals surface area (Å²) in [6, 6.07) is 9.62. The molecular formula is C19H19NO7. The number of esters is 1. The van der Waals surface area contributed by atoms with E-state index in [4.69, 9.17) is 23.7 Å². The van der Waals surface area contributed by atoms with Gasteiger partial charge in [-0.1, -0.05) is 0 Å². The summed E-state index contributed by atoms with van der Waals surface area (Å²) >= 11 is 0. The maximum Gasteiger partial charge on any atom is 0.339 e. The lowest BCUT2D eigenvalue weighted by molar-refractivity contribution is -0.123. The molecule has 8 nitrogen and oxygen atoms in total. The maximum atomic E-state index is 12.3. The third-order valence-corrected chi connectivity index (χ3v) is 3.91. The van der Waals surface area contributed by atoms with Crippen LogP contribution in [0.25, 0.3) is 0 Å². The third-order valence-electron chi connectivity index (χ3n) is 3.91. The molecule has 3 rings (SSSR count). The van der Waals surface area contributed by atoms with Crippen molar-refractivity contribution in [3.05, 3.63) is 42.0 Å². The van der Waals surface area contributed by atoms with Crippen LogP contribution in [0, 0.1) is 0 Å². The van der Waals surface area contributed by atoms with Gasteiger partial charge in [-0.15, -0.1) is 0 Å². The quantitative estimate of drug-likeness (QED) is 0.778. The Morgan fingerprint density at radius 2 is 1.74 bits per heavy atom. The van der Waals surface area contributed by atoms with E-state index >= 15 is 0 Å². The summed E-state index contributed by atoms with van der Waals surface area (Å²) in [4.78, 5) is 24.6. The zero-order chi connectivity index (χ0) is 19.4. The van der Waals surface area contributed by atoms with Crippen molar-refractivity contribution in [2.45, 2.75) is 13.0 Å². The molecule has 0 aliphatic carbocycles. The average molecular weight is 373 g/mol. The van der Waals surface area contributed by atoms with E-state index in [1.54, 1.807) is 30.3 Å². The standard InChI is InChI=1S/C19H19NO7/c1-11(18(21)20-13-5-7-14(23-2)16(9-13)24-3)27-19(22)12-4-6-15-17(8-12)26-10-25-15/h4-9,11H,10H2,1-3H3,(H,20,21). The Kier molecular flexibility index (Phi) is 5.35. The van der Waals surface area contributed by atoms with Gasteiger partial charge < -0.3 is 29.0 Å². The highest BCUT2D eigenvalue weighted by molar-refractivity contribution is 5.97. The smallest absolute Gasteiger partial charge is 0.339 e. The molecule has 1 aliphatic heterocycles. The van der Waals surface area contributed by atoms with Crippen LogP contribution in [0.1, 0.15) is 17.3 Å². The lowest BCUT2D eigenvalue weighted by Gasteiger charge is -2.15. The summed E-state index contributed by atoms with van der Waals surface area (Å²) in [6.07, 6.45) is -1.00. The van der Waals surface area contributed by atoms with E-state index in [1.807, 2.05) is 0 Å². The SMILES string of the molecule is COc1ccc(NC(=O)C(C)OC(=O)c2ccc3c(c2)OCO3)cc1OC. The number of fused-ring (bicyclic) bond motifs is 1. The molecule has 0 spiro atoms. The van der Waals surface area contributed by atoms with Gasteiger partial charge in [0.15, 0.2) is 29.1 Å². The predicted molar refractivity (Wildman–Crippen MR) is 95.6 cm³/mol. The normalized spacial score (nSPS) is 12.9. The van der Waals surface area contributed by atoms with Crippen LogP contribution in [0.3, 0.4) is 0 Å². The summed E-state index contributed by atoms with van der Waals surface area (Å²) in [7, 11) is 3.02. The van der Waals surface area contributed by atoms with Gasteiger partial charge in [-0.2, -0.15) is 0 Å². The van der Waals surface area contributed by atoms with E-state index in [2.05, 4.69) is 5.32 Å². The number of anilines is 1. The number of nitrogens with one attached hydrogen (secondary N) is 1. The summed E-state index contributed by atoms with van der Waals surface area (Å²) in [5.41, 5.74) is 0.758. The van der Waals surface area contributed by atoms with Gasteiger partial charge in [0.2, 0.25) is 6.79 Å². The van der Waals surface area contributed by atoms with E-state index in [9.17, 15) is 9.59 Å². The van der Waals surface area contributed by atoms with Gasteiger partial charge in [0.05, 0.1) is 19.8 Å². The first kappa shape index (κ1) is 18.4. The van der Waals surface area contributed by atoms with Gasteiger partial charge in [0.25, 0.3) is 5.91 Å². The van der Waals surface area contributed by atoms with Crippen LogP contribution in [-0.4, -0.2) is 39.0 Å². The fourth-order valence-corrected chi connectivity index (χ4v) is 2.46. The Balaban J connectivity index is 1.63. The van der Waals surface area contributed by atoms with Crippen LogP contribution in [0.2, 0.25) is 0 Å². The first-order valence-corrected chi connectivity index (χ1v) is 8.15. The fourth-order valence-electron chi connectivity index (χ4n) is 2.46. The molecule has 2 aromatic carbocycles. The summed E-state index contributed by atoms with van der Waals surface area (Å²) < 4.78 is 26.0. The minimum Gasteiger partial charge on any atom is -0.493 e. The number of amides is 1. The molecule has 1 unspecified atom stereocenters. The Labute approximate surface area is 155 Å². The van der Waals surface area contributed by atoms with E-state index in [0.29, 0.717) is 28.7 Å². The molecule has 142 valence electrons. The third kappa shape index (κ3) is 4.05. The average Bonchev–Trinajstić information content (AvgIpc) is 3.15. The molecule has 1 amide bonds. The molecule has 0 saturated carbocycles. The molecule has 0 aromatic heterocycles. The van der Waals surface area contributed by atoms with E-state index in [0.717, 1.165) is 0 Å². The van der Waals surface area contributed by atoms with Crippen LogP contribution in [-0.2, 0) is 9.53 Å². The molecule has 0 saturated heterocycles. The van der Waals surface area contributed by atoms with Crippen LogP contribution < -0.4 is 24.3 Å². The van der Waals surface area contributed by atoms with Crippen LogP contribution >= 0.6 is 0 Å². The Morgan fingerprint density at radius 1 is 1.00 bits per heavy atom. The highest BCUT2D eigenvalue weighted by Crippen LogP contribution is 2.33. The van der Waals surface area contributed by atoms with Gasteiger partial charge in [-0.05, 0) is 37.3 Å². The Hall–Kier alpha value is -3.42. The molecule has 0 radical (unpaired) electrons. The first-order valence-electron chi connectivity index (χ1n) is 8.15. The number of methoxy groups -OCH3 is 2. The largest absolute Gasteiger partial charge is 0.493 e. The molecule has 0 fully saturated rings. The number of carbonyl (C=O) groups is 2. The molecule has 27 heavy (non-hydrogen) atoms. The molecular weight excluding hydrogens is 354 g/mol. The number of hydrogen-bond acceptors (Lipinski definition) is 7. The molecule has 2 aromatic rings. The molecule has 1 N–H and O–H groups in total. The van der Waals surface area contributed by atoms with Crippen molar-refractivity contribution in [3.8, 4) is 23.0 Å². The van der Waals surface area contributed by atoms with E-state index in [-0.39, 0.29) is 12.4 Å². The minimum atomic E-state index is -1.00. The van der Waals surface area contributed by atoms with Gasteiger partial charge in [0.1, 0.15) is 0 Å². The van der Waals surface area contributed by atoms with Crippen molar-refractivity contribution >= 4 is 17.6 Å². The first-order chi connectivity index (χ1) is 13.0. The molecule has 1 atom stereocenters. The van der Waals surface area contributed by atoms with Crippen molar-refractivity contribution in [2.75, 3.05) is 26.3 Å². The van der Waals surface area contributed by atoms with Crippen LogP contribution in [0.4, 0.5) is 5.69 Å². The van der Waals surface area contributed by atoms with Gasteiger partial charge in [-0.3, -0.25) is 4.79 Å². The van der Waals surface area contributed by atoms with Crippen LogP contribution in [0.15, 0.2) is 36.4 Å².